The first kappa shape index (κ1) is 11.6. The third-order valence-corrected chi connectivity index (χ3v) is 3.98. The minimum atomic E-state index is 0.132. The van der Waals surface area contributed by atoms with Crippen molar-refractivity contribution in [1.82, 2.24) is 0 Å². The van der Waals surface area contributed by atoms with Crippen LogP contribution in [0.15, 0.2) is 18.2 Å². The molecule has 1 aromatic carbocycles. The van der Waals surface area contributed by atoms with E-state index in [1.165, 1.54) is 30.5 Å². The molecule has 1 unspecified atom stereocenters. The number of hydrogen-bond acceptors (Lipinski definition) is 2. The summed E-state index contributed by atoms with van der Waals surface area (Å²) in [4.78, 5) is 11.3. The zero-order valence-electron chi connectivity index (χ0n) is 10.8. The molecule has 0 spiro atoms. The number of fused-ring (bicyclic) bond motifs is 1. The fourth-order valence-electron chi connectivity index (χ4n) is 2.74. The standard InChI is InChI=1S/C15H20N2O/c1-2-13(10-3-4-10)16-12-6-7-14-11(9-12)5-8-15(18)17-14/h6-7,9-10,13,16H,2-5,8H2,1H3,(H,17,18). The van der Waals surface area contributed by atoms with Crippen molar-refractivity contribution in [3.8, 4) is 0 Å². The summed E-state index contributed by atoms with van der Waals surface area (Å²) >= 11 is 0. The Labute approximate surface area is 108 Å². The highest BCUT2D eigenvalue weighted by Crippen LogP contribution is 2.36. The Kier molecular flexibility index (Phi) is 2.98. The van der Waals surface area contributed by atoms with Crippen LogP contribution < -0.4 is 10.6 Å². The predicted molar refractivity (Wildman–Crippen MR) is 73.8 cm³/mol. The molecule has 3 heteroatoms. The molecule has 1 atom stereocenters. The summed E-state index contributed by atoms with van der Waals surface area (Å²) in [7, 11) is 0. The van der Waals surface area contributed by atoms with Crippen LogP contribution in [0.4, 0.5) is 11.4 Å². The van der Waals surface area contributed by atoms with Crippen molar-refractivity contribution in [3.05, 3.63) is 23.8 Å². The molecule has 3 rings (SSSR count). The summed E-state index contributed by atoms with van der Waals surface area (Å²) in [6, 6.07) is 6.91. The van der Waals surface area contributed by atoms with Crippen molar-refractivity contribution in [2.45, 2.75) is 45.1 Å². The highest BCUT2D eigenvalue weighted by molar-refractivity contribution is 5.94. The lowest BCUT2D eigenvalue weighted by molar-refractivity contribution is -0.116. The first-order valence-corrected chi connectivity index (χ1v) is 6.95. The minimum Gasteiger partial charge on any atom is -0.382 e. The van der Waals surface area contributed by atoms with Crippen LogP contribution >= 0.6 is 0 Å². The van der Waals surface area contributed by atoms with Gasteiger partial charge in [0.05, 0.1) is 0 Å². The van der Waals surface area contributed by atoms with Gasteiger partial charge in [0.25, 0.3) is 0 Å². The Morgan fingerprint density at radius 1 is 1.39 bits per heavy atom. The zero-order valence-corrected chi connectivity index (χ0v) is 10.8. The van der Waals surface area contributed by atoms with Crippen molar-refractivity contribution >= 4 is 17.3 Å². The van der Waals surface area contributed by atoms with Gasteiger partial charge in [-0.05, 0) is 55.4 Å². The van der Waals surface area contributed by atoms with E-state index in [0.29, 0.717) is 12.5 Å². The Bertz CT molecular complexity index is 466. The second-order valence-corrected chi connectivity index (χ2v) is 5.42. The molecule has 0 radical (unpaired) electrons. The van der Waals surface area contributed by atoms with E-state index in [-0.39, 0.29) is 5.91 Å². The summed E-state index contributed by atoms with van der Waals surface area (Å²) in [6.45, 7) is 2.24. The number of anilines is 2. The lowest BCUT2D eigenvalue weighted by Crippen LogP contribution is -2.22. The van der Waals surface area contributed by atoms with Crippen LogP contribution in [0.5, 0.6) is 0 Å². The monoisotopic (exact) mass is 244 g/mol. The van der Waals surface area contributed by atoms with Gasteiger partial charge in [-0.15, -0.1) is 0 Å². The highest BCUT2D eigenvalue weighted by atomic mass is 16.1. The number of aryl methyl sites for hydroxylation is 1. The minimum absolute atomic E-state index is 0.132. The maximum atomic E-state index is 11.3. The Morgan fingerprint density at radius 2 is 2.22 bits per heavy atom. The van der Waals surface area contributed by atoms with Gasteiger partial charge < -0.3 is 10.6 Å². The SMILES string of the molecule is CCC(Nc1ccc2c(c1)CCC(=O)N2)C1CC1. The van der Waals surface area contributed by atoms with E-state index < -0.39 is 0 Å². The molecule has 1 aliphatic heterocycles. The molecule has 1 heterocycles. The molecule has 0 saturated heterocycles. The summed E-state index contributed by atoms with van der Waals surface area (Å²) in [5, 5.41) is 6.56. The van der Waals surface area contributed by atoms with Crippen molar-refractivity contribution in [2.75, 3.05) is 10.6 Å². The van der Waals surface area contributed by atoms with Crippen molar-refractivity contribution < 1.29 is 4.79 Å². The molecule has 1 amide bonds. The molecule has 3 nitrogen and oxygen atoms in total. The average molecular weight is 244 g/mol. The second-order valence-electron chi connectivity index (χ2n) is 5.42. The van der Waals surface area contributed by atoms with Gasteiger partial charge in [-0.1, -0.05) is 6.92 Å². The fraction of sp³-hybridized carbons (Fsp3) is 0.533. The molecule has 2 aliphatic rings. The van der Waals surface area contributed by atoms with E-state index in [2.05, 4.69) is 29.7 Å². The maximum absolute atomic E-state index is 11.3. The molecule has 96 valence electrons. The van der Waals surface area contributed by atoms with Gasteiger partial charge in [-0.3, -0.25) is 4.79 Å². The molecule has 1 aromatic rings. The lowest BCUT2D eigenvalue weighted by Gasteiger charge is -2.21. The third kappa shape index (κ3) is 2.35. The van der Waals surface area contributed by atoms with Gasteiger partial charge in [0.2, 0.25) is 5.91 Å². The third-order valence-electron chi connectivity index (χ3n) is 3.98. The highest BCUT2D eigenvalue weighted by Gasteiger charge is 2.29. The van der Waals surface area contributed by atoms with Crippen LogP contribution in [-0.4, -0.2) is 11.9 Å². The van der Waals surface area contributed by atoms with E-state index in [4.69, 9.17) is 0 Å². The molecule has 18 heavy (non-hydrogen) atoms. The number of rotatable bonds is 4. The lowest BCUT2D eigenvalue weighted by atomic mass is 10.0. The quantitative estimate of drug-likeness (QED) is 0.854. The van der Waals surface area contributed by atoms with Crippen molar-refractivity contribution in [3.63, 3.8) is 0 Å². The summed E-state index contributed by atoms with van der Waals surface area (Å²) in [6.07, 6.45) is 5.38. The van der Waals surface area contributed by atoms with E-state index >= 15 is 0 Å². The largest absolute Gasteiger partial charge is 0.382 e. The van der Waals surface area contributed by atoms with E-state index in [1.54, 1.807) is 0 Å². The maximum Gasteiger partial charge on any atom is 0.224 e. The first-order valence-electron chi connectivity index (χ1n) is 6.95. The van der Waals surface area contributed by atoms with Gasteiger partial charge in [0.1, 0.15) is 0 Å². The number of nitrogens with one attached hydrogen (secondary N) is 2. The fourth-order valence-corrected chi connectivity index (χ4v) is 2.74. The number of carbonyl (C=O) groups excluding carboxylic acids is 1. The van der Waals surface area contributed by atoms with E-state index in [1.807, 2.05) is 6.07 Å². The average Bonchev–Trinajstić information content (AvgIpc) is 3.20. The molecular weight excluding hydrogens is 224 g/mol. The molecular formula is C15H20N2O. The molecule has 2 N–H and O–H groups in total. The Morgan fingerprint density at radius 3 is 2.94 bits per heavy atom. The smallest absolute Gasteiger partial charge is 0.224 e. The summed E-state index contributed by atoms with van der Waals surface area (Å²) < 4.78 is 0. The van der Waals surface area contributed by atoms with Gasteiger partial charge >= 0.3 is 0 Å². The Hall–Kier alpha value is -1.51. The van der Waals surface area contributed by atoms with Crippen LogP contribution in [0.3, 0.4) is 0 Å². The number of hydrogen-bond donors (Lipinski definition) is 2. The van der Waals surface area contributed by atoms with Crippen molar-refractivity contribution in [2.24, 2.45) is 5.92 Å². The van der Waals surface area contributed by atoms with Gasteiger partial charge in [0, 0.05) is 23.8 Å². The second kappa shape index (κ2) is 4.63. The normalized spacial score (nSPS) is 19.9. The van der Waals surface area contributed by atoms with Gasteiger partial charge in [-0.2, -0.15) is 0 Å². The number of amides is 1. The molecule has 0 aromatic heterocycles. The molecule has 1 fully saturated rings. The first-order chi connectivity index (χ1) is 8.76. The van der Waals surface area contributed by atoms with Crippen LogP contribution in [0.2, 0.25) is 0 Å². The van der Waals surface area contributed by atoms with Gasteiger partial charge in [-0.25, -0.2) is 0 Å². The zero-order chi connectivity index (χ0) is 12.5. The van der Waals surface area contributed by atoms with Crippen molar-refractivity contribution in [1.29, 1.82) is 0 Å². The Balaban J connectivity index is 1.75. The van der Waals surface area contributed by atoms with Gasteiger partial charge in [0.15, 0.2) is 0 Å². The van der Waals surface area contributed by atoms with E-state index in [9.17, 15) is 4.79 Å². The van der Waals surface area contributed by atoms with Crippen LogP contribution in [0, 0.1) is 5.92 Å². The molecule has 1 saturated carbocycles. The molecule has 1 aliphatic carbocycles. The number of benzene rings is 1. The van der Waals surface area contributed by atoms with Crippen LogP contribution in [-0.2, 0) is 11.2 Å². The summed E-state index contributed by atoms with van der Waals surface area (Å²) in [5.74, 6) is 0.998. The van der Waals surface area contributed by atoms with Crippen LogP contribution in [0.1, 0.15) is 38.2 Å². The van der Waals surface area contributed by atoms with Crippen LogP contribution in [0.25, 0.3) is 0 Å². The van der Waals surface area contributed by atoms with E-state index in [0.717, 1.165) is 18.0 Å². The predicted octanol–water partition coefficient (Wildman–Crippen LogP) is 3.17. The summed E-state index contributed by atoms with van der Waals surface area (Å²) in [5.41, 5.74) is 3.44. The topological polar surface area (TPSA) is 41.1 Å². The molecule has 0 bridgehead atoms. The number of carbonyl (C=O) groups is 1.